The number of benzene rings is 2. The number of halogens is 3. The van der Waals surface area contributed by atoms with E-state index in [0.717, 1.165) is 15.6 Å². The van der Waals surface area contributed by atoms with E-state index in [9.17, 15) is 18.4 Å². The van der Waals surface area contributed by atoms with Gasteiger partial charge in [0.25, 0.3) is 5.91 Å². The lowest BCUT2D eigenvalue weighted by molar-refractivity contribution is -0.153. The molecule has 2 unspecified atom stereocenters. The summed E-state index contributed by atoms with van der Waals surface area (Å²) in [5.41, 5.74) is 7.73. The summed E-state index contributed by atoms with van der Waals surface area (Å²) in [4.78, 5) is 26.0. The van der Waals surface area contributed by atoms with E-state index >= 15 is 0 Å². The minimum atomic E-state index is -2.89. The van der Waals surface area contributed by atoms with E-state index in [-0.39, 0.29) is 30.9 Å². The zero-order valence-corrected chi connectivity index (χ0v) is 18.3. The second-order valence-corrected chi connectivity index (χ2v) is 7.98. The Balaban J connectivity index is 1.43. The van der Waals surface area contributed by atoms with Gasteiger partial charge in [0.05, 0.1) is 0 Å². The van der Waals surface area contributed by atoms with E-state index in [1.165, 1.54) is 17.0 Å². The van der Waals surface area contributed by atoms with Crippen LogP contribution in [0, 0.1) is 0 Å². The van der Waals surface area contributed by atoms with Crippen molar-refractivity contribution in [2.45, 2.75) is 31.7 Å². The molecule has 1 aliphatic rings. The van der Waals surface area contributed by atoms with Crippen molar-refractivity contribution in [1.29, 1.82) is 0 Å². The maximum Gasteiger partial charge on any atom is 0.387 e. The molecule has 1 saturated heterocycles. The summed E-state index contributed by atoms with van der Waals surface area (Å²) in [5.74, 6) is -0.847. The van der Waals surface area contributed by atoms with E-state index in [0.29, 0.717) is 6.42 Å². The molecule has 2 aromatic carbocycles. The number of alkyl halides is 2. The highest BCUT2D eigenvalue weighted by Gasteiger charge is 2.31. The quantitative estimate of drug-likeness (QED) is 0.545. The molecule has 2 atom stereocenters. The highest BCUT2D eigenvalue weighted by atomic mass is 79.9. The van der Waals surface area contributed by atoms with Crippen molar-refractivity contribution in [3.63, 3.8) is 0 Å². The number of nitrogens with zero attached hydrogens (tertiary/aromatic N) is 1. The van der Waals surface area contributed by atoms with E-state index in [1.807, 2.05) is 24.3 Å². The van der Waals surface area contributed by atoms with Crippen molar-refractivity contribution >= 4 is 27.8 Å². The van der Waals surface area contributed by atoms with Crippen LogP contribution in [0.4, 0.5) is 8.78 Å². The van der Waals surface area contributed by atoms with Crippen LogP contribution in [-0.2, 0) is 20.9 Å². The molecule has 0 radical (unpaired) electrons. The Kier molecular flexibility index (Phi) is 7.94. The number of likely N-dealkylation sites (N-methyl/N-ethyl adjacent to an activating group) is 1. The lowest BCUT2D eigenvalue weighted by Crippen LogP contribution is -2.39. The Bertz CT molecular complexity index is 897. The topological polar surface area (TPSA) is 79.9 Å². The highest BCUT2D eigenvalue weighted by molar-refractivity contribution is 9.10. The number of hydrogen-bond donors (Lipinski definition) is 2. The van der Waals surface area contributed by atoms with Crippen molar-refractivity contribution in [2.75, 3.05) is 13.7 Å². The van der Waals surface area contributed by atoms with Gasteiger partial charge in [0.15, 0.2) is 6.61 Å². The Morgan fingerprint density at radius 2 is 1.81 bits per heavy atom. The van der Waals surface area contributed by atoms with Crippen molar-refractivity contribution in [2.24, 2.45) is 0 Å². The number of rotatable bonds is 8. The average molecular weight is 498 g/mol. The molecule has 0 aliphatic carbocycles. The fraction of sp³-hybridized carbons (Fsp3) is 0.333. The van der Waals surface area contributed by atoms with Crippen LogP contribution in [0.2, 0.25) is 0 Å². The normalized spacial score (nSPS) is 18.1. The molecule has 10 heteroatoms. The molecular formula is C21H22BrF2N3O4. The Morgan fingerprint density at radius 3 is 2.45 bits per heavy atom. The van der Waals surface area contributed by atoms with E-state index in [4.69, 9.17) is 4.74 Å². The zero-order chi connectivity index (χ0) is 22.4. The van der Waals surface area contributed by atoms with Crippen LogP contribution in [0.25, 0.3) is 0 Å². The van der Waals surface area contributed by atoms with Gasteiger partial charge in [-0.2, -0.15) is 8.78 Å². The molecule has 1 aliphatic heterocycles. The minimum absolute atomic E-state index is 0.0407. The second kappa shape index (κ2) is 10.7. The van der Waals surface area contributed by atoms with Crippen LogP contribution >= 0.6 is 15.9 Å². The number of esters is 1. The third-order valence-corrected chi connectivity index (χ3v) is 5.32. The van der Waals surface area contributed by atoms with Gasteiger partial charge >= 0.3 is 12.6 Å². The zero-order valence-electron chi connectivity index (χ0n) is 16.7. The molecule has 2 N–H and O–H groups in total. The highest BCUT2D eigenvalue weighted by Crippen LogP contribution is 2.24. The first-order chi connectivity index (χ1) is 14.8. The van der Waals surface area contributed by atoms with Gasteiger partial charge in [0.2, 0.25) is 0 Å². The van der Waals surface area contributed by atoms with Crippen LogP contribution in [0.5, 0.6) is 5.75 Å². The first-order valence-electron chi connectivity index (χ1n) is 9.52. The van der Waals surface area contributed by atoms with Crippen molar-refractivity contribution in [1.82, 2.24) is 15.8 Å². The van der Waals surface area contributed by atoms with Crippen LogP contribution in [0.1, 0.15) is 23.6 Å². The second-order valence-electron chi connectivity index (χ2n) is 7.06. The Hall–Kier alpha value is -2.56. The molecule has 31 heavy (non-hydrogen) atoms. The Labute approximate surface area is 186 Å². The number of carbonyl (C=O) groups is 2. The minimum Gasteiger partial charge on any atom is -0.454 e. The third kappa shape index (κ3) is 6.71. The van der Waals surface area contributed by atoms with Gasteiger partial charge in [0, 0.05) is 24.1 Å². The maximum atomic E-state index is 12.3. The smallest absolute Gasteiger partial charge is 0.387 e. The molecule has 1 fully saturated rings. The largest absolute Gasteiger partial charge is 0.454 e. The molecule has 0 bridgehead atoms. The fourth-order valence-electron chi connectivity index (χ4n) is 3.11. The number of hydrogen-bond acceptors (Lipinski definition) is 6. The van der Waals surface area contributed by atoms with Crippen LogP contribution in [0.15, 0.2) is 53.0 Å². The van der Waals surface area contributed by atoms with Crippen molar-refractivity contribution < 1.29 is 27.8 Å². The molecule has 7 nitrogen and oxygen atoms in total. The molecular weight excluding hydrogens is 476 g/mol. The monoisotopic (exact) mass is 497 g/mol. The molecule has 166 valence electrons. The number of amides is 1. The van der Waals surface area contributed by atoms with Crippen LogP contribution in [-0.4, -0.2) is 43.1 Å². The van der Waals surface area contributed by atoms with E-state index in [2.05, 4.69) is 31.5 Å². The molecule has 1 heterocycles. The van der Waals surface area contributed by atoms with Crippen LogP contribution in [0.3, 0.4) is 0 Å². The van der Waals surface area contributed by atoms with Gasteiger partial charge in [0.1, 0.15) is 11.8 Å². The molecule has 0 spiro atoms. The predicted octanol–water partition coefficient (Wildman–Crippen LogP) is 3.16. The van der Waals surface area contributed by atoms with Gasteiger partial charge < -0.3 is 14.4 Å². The van der Waals surface area contributed by atoms with Crippen molar-refractivity contribution in [3.8, 4) is 5.75 Å². The first-order valence-corrected chi connectivity index (χ1v) is 10.3. The van der Waals surface area contributed by atoms with Gasteiger partial charge in [-0.1, -0.05) is 40.2 Å². The maximum absolute atomic E-state index is 12.3. The number of hydrazine groups is 1. The summed E-state index contributed by atoms with van der Waals surface area (Å²) in [6.45, 7) is -3.04. The molecule has 0 aromatic heterocycles. The number of ether oxygens (including phenoxy) is 2. The summed E-state index contributed by atoms with van der Waals surface area (Å²) in [7, 11) is 1.57. The molecule has 0 saturated carbocycles. The third-order valence-electron chi connectivity index (χ3n) is 4.79. The molecule has 1 amide bonds. The Morgan fingerprint density at radius 1 is 1.13 bits per heavy atom. The summed E-state index contributed by atoms with van der Waals surface area (Å²) in [5, 5.41) is 0. The van der Waals surface area contributed by atoms with E-state index < -0.39 is 18.6 Å². The predicted molar refractivity (Wildman–Crippen MR) is 112 cm³/mol. The summed E-state index contributed by atoms with van der Waals surface area (Å²) >= 11 is 3.39. The average Bonchev–Trinajstić information content (AvgIpc) is 3.23. The molecule has 2 aromatic rings. The lowest BCUT2D eigenvalue weighted by atomic mass is 10.0. The summed E-state index contributed by atoms with van der Waals surface area (Å²) in [6.07, 6.45) is 0.498. The lowest BCUT2D eigenvalue weighted by Gasteiger charge is -2.18. The number of carbonyl (C=O) groups excluding carboxylic acids is 2. The van der Waals surface area contributed by atoms with Gasteiger partial charge in [-0.15, -0.1) is 0 Å². The fourth-order valence-corrected chi connectivity index (χ4v) is 3.37. The van der Waals surface area contributed by atoms with Crippen LogP contribution < -0.4 is 15.6 Å². The summed E-state index contributed by atoms with van der Waals surface area (Å²) < 4.78 is 34.8. The van der Waals surface area contributed by atoms with E-state index in [1.54, 1.807) is 19.2 Å². The SMILES string of the molecule is CN(Cc1ccc(OC(F)F)cc1)C(=O)COC(=O)C1CC(c2ccc(Br)cc2)NN1. The van der Waals surface area contributed by atoms with Gasteiger partial charge in [-0.25, -0.2) is 10.9 Å². The standard InChI is InChI=1S/C21H22BrF2N3O4/c1-27(11-13-2-8-16(9-3-13)31-21(23)24)19(28)12-30-20(29)18-10-17(25-26-18)14-4-6-15(22)7-5-14/h2-9,17-18,21,25-26H,10-12H2,1H3. The van der Waals surface area contributed by atoms with Gasteiger partial charge in [-0.3, -0.25) is 9.59 Å². The first kappa shape index (κ1) is 23.1. The molecule has 3 rings (SSSR count). The number of nitrogens with one attached hydrogen (secondary N) is 2. The van der Waals surface area contributed by atoms with Gasteiger partial charge in [-0.05, 0) is 41.8 Å². The van der Waals surface area contributed by atoms with Crippen molar-refractivity contribution in [3.05, 3.63) is 64.1 Å². The summed E-state index contributed by atoms with van der Waals surface area (Å²) in [6, 6.07) is 13.2.